The van der Waals surface area contributed by atoms with Gasteiger partial charge in [0, 0.05) is 24.0 Å². The molecule has 2 aromatic heterocycles. The van der Waals surface area contributed by atoms with Gasteiger partial charge in [-0.15, -0.1) is 0 Å². The van der Waals surface area contributed by atoms with Crippen molar-refractivity contribution in [2.24, 2.45) is 0 Å². The van der Waals surface area contributed by atoms with Crippen LogP contribution in [0, 0.1) is 0 Å². The van der Waals surface area contributed by atoms with E-state index in [1.807, 2.05) is 78.9 Å². The second-order valence-electron chi connectivity index (χ2n) is 8.72. The number of rotatable bonds is 7. The predicted octanol–water partition coefficient (Wildman–Crippen LogP) is 6.60. The molecule has 32 heavy (non-hydrogen) atoms. The van der Waals surface area contributed by atoms with Gasteiger partial charge < -0.3 is 9.47 Å². The molecule has 4 heteroatoms. The summed E-state index contributed by atoms with van der Waals surface area (Å²) >= 11 is 0. The summed E-state index contributed by atoms with van der Waals surface area (Å²) in [6.45, 7) is 7.45. The van der Waals surface area contributed by atoms with E-state index >= 15 is 0 Å². The molecule has 0 aliphatic heterocycles. The van der Waals surface area contributed by atoms with Crippen LogP contribution in [0.25, 0.3) is 11.1 Å². The summed E-state index contributed by atoms with van der Waals surface area (Å²) in [5.41, 5.74) is 5.15. The molecular weight excluding hydrogens is 396 g/mol. The van der Waals surface area contributed by atoms with Crippen LogP contribution < -0.4 is 9.47 Å². The quantitative estimate of drug-likeness (QED) is 0.335. The van der Waals surface area contributed by atoms with Crippen LogP contribution in [-0.4, -0.2) is 9.97 Å². The Labute approximate surface area is 189 Å². The van der Waals surface area contributed by atoms with Crippen molar-refractivity contribution in [2.75, 3.05) is 0 Å². The van der Waals surface area contributed by atoms with E-state index < -0.39 is 0 Å². The summed E-state index contributed by atoms with van der Waals surface area (Å²) in [6.07, 6.45) is 3.59. The Bertz CT molecular complexity index is 1140. The summed E-state index contributed by atoms with van der Waals surface area (Å²) in [7, 11) is 0. The van der Waals surface area contributed by atoms with Gasteiger partial charge in [-0.05, 0) is 39.8 Å². The van der Waals surface area contributed by atoms with E-state index in [0.29, 0.717) is 25.0 Å². The van der Waals surface area contributed by atoms with Crippen molar-refractivity contribution < 1.29 is 9.47 Å². The summed E-state index contributed by atoms with van der Waals surface area (Å²) in [6, 6.07) is 26.2. The second kappa shape index (κ2) is 9.65. The fraction of sp³-hybridized carbons (Fsp3) is 0.214. The van der Waals surface area contributed by atoms with Gasteiger partial charge in [-0.25, -0.2) is 0 Å². The zero-order valence-corrected chi connectivity index (χ0v) is 18.8. The predicted molar refractivity (Wildman–Crippen MR) is 128 cm³/mol. The van der Waals surface area contributed by atoms with Gasteiger partial charge in [0.1, 0.15) is 13.2 Å². The minimum absolute atomic E-state index is 0.142. The Kier molecular flexibility index (Phi) is 6.50. The maximum atomic E-state index is 6.29. The van der Waals surface area contributed by atoms with Crippen LogP contribution in [0.5, 0.6) is 11.8 Å². The Balaban J connectivity index is 1.75. The molecule has 4 nitrogen and oxygen atoms in total. The second-order valence-corrected chi connectivity index (χ2v) is 8.72. The van der Waals surface area contributed by atoms with Crippen molar-refractivity contribution in [3.8, 4) is 22.9 Å². The highest BCUT2D eigenvalue weighted by atomic mass is 16.5. The van der Waals surface area contributed by atoms with Crippen molar-refractivity contribution in [2.45, 2.75) is 39.4 Å². The Morgan fingerprint density at radius 2 is 1.28 bits per heavy atom. The molecule has 0 saturated carbocycles. The molecule has 0 N–H and O–H groups in total. The molecule has 0 bridgehead atoms. The van der Waals surface area contributed by atoms with Crippen LogP contribution in [0.3, 0.4) is 0 Å². The summed E-state index contributed by atoms with van der Waals surface area (Å²) in [5.74, 6) is 1.12. The number of hydrogen-bond donors (Lipinski definition) is 0. The molecule has 0 saturated heterocycles. The Hall–Kier alpha value is -3.66. The van der Waals surface area contributed by atoms with Gasteiger partial charge in [0.15, 0.2) is 0 Å². The molecule has 0 amide bonds. The average molecular weight is 425 g/mol. The van der Waals surface area contributed by atoms with E-state index in [0.717, 1.165) is 27.8 Å². The maximum Gasteiger partial charge on any atom is 0.225 e. The lowest BCUT2D eigenvalue weighted by Crippen LogP contribution is -2.15. The summed E-state index contributed by atoms with van der Waals surface area (Å²) in [4.78, 5) is 8.97. The van der Waals surface area contributed by atoms with Crippen molar-refractivity contribution >= 4 is 0 Å². The van der Waals surface area contributed by atoms with Crippen LogP contribution in [0.15, 0.2) is 91.3 Å². The molecule has 0 aliphatic carbocycles. The van der Waals surface area contributed by atoms with E-state index in [1.54, 1.807) is 12.4 Å². The third kappa shape index (κ3) is 5.33. The lowest BCUT2D eigenvalue weighted by atomic mass is 9.82. The number of ether oxygens (including phenoxy) is 2. The minimum Gasteiger partial charge on any atom is -0.473 e. The number of aromatic nitrogens is 2. The molecule has 2 heterocycles. The molecule has 0 atom stereocenters. The molecule has 0 unspecified atom stereocenters. The number of pyridine rings is 2. The third-order valence-electron chi connectivity index (χ3n) is 5.19. The van der Waals surface area contributed by atoms with Crippen LogP contribution >= 0.6 is 0 Å². The van der Waals surface area contributed by atoms with Crippen LogP contribution in [0.2, 0.25) is 0 Å². The number of benzene rings is 2. The van der Waals surface area contributed by atoms with Gasteiger partial charge in [0.25, 0.3) is 0 Å². The molecule has 4 rings (SSSR count). The molecule has 4 aromatic rings. The molecule has 162 valence electrons. The molecule has 0 spiro atoms. The smallest absolute Gasteiger partial charge is 0.225 e. The first-order valence-electron chi connectivity index (χ1n) is 10.8. The van der Waals surface area contributed by atoms with Crippen molar-refractivity contribution in [1.82, 2.24) is 9.97 Å². The standard InChI is InChI=1S/C28H28N2O2/c1-28(2,3)24-18-25(31-19-21-10-6-4-7-11-21)30-27(26(24)23-14-16-29-17-15-23)32-20-22-12-8-5-9-13-22/h4-18H,19-20H2,1-3H3. The highest BCUT2D eigenvalue weighted by Gasteiger charge is 2.25. The first kappa shape index (κ1) is 21.6. The van der Waals surface area contributed by atoms with Crippen molar-refractivity contribution in [3.63, 3.8) is 0 Å². The summed E-state index contributed by atoms with van der Waals surface area (Å²) in [5, 5.41) is 0. The average Bonchev–Trinajstić information content (AvgIpc) is 2.82. The highest BCUT2D eigenvalue weighted by Crippen LogP contribution is 2.40. The first-order valence-corrected chi connectivity index (χ1v) is 10.8. The van der Waals surface area contributed by atoms with Gasteiger partial charge in [-0.3, -0.25) is 4.98 Å². The van der Waals surface area contributed by atoms with Crippen molar-refractivity contribution in [3.05, 3.63) is 108 Å². The van der Waals surface area contributed by atoms with E-state index in [-0.39, 0.29) is 5.41 Å². The first-order chi connectivity index (χ1) is 15.5. The lowest BCUT2D eigenvalue weighted by Gasteiger charge is -2.25. The largest absolute Gasteiger partial charge is 0.473 e. The minimum atomic E-state index is -0.142. The van der Waals surface area contributed by atoms with Crippen LogP contribution in [0.1, 0.15) is 37.5 Å². The van der Waals surface area contributed by atoms with Crippen LogP contribution in [0.4, 0.5) is 0 Å². The lowest BCUT2D eigenvalue weighted by molar-refractivity contribution is 0.267. The molecule has 0 fully saturated rings. The fourth-order valence-corrected chi connectivity index (χ4v) is 3.52. The zero-order chi connectivity index (χ0) is 22.4. The van der Waals surface area contributed by atoms with E-state index in [2.05, 4.69) is 25.8 Å². The van der Waals surface area contributed by atoms with E-state index in [1.165, 1.54) is 0 Å². The molecule has 2 aromatic carbocycles. The monoisotopic (exact) mass is 424 g/mol. The molecule has 0 radical (unpaired) electrons. The molecule has 0 aliphatic rings. The summed E-state index contributed by atoms with van der Waals surface area (Å²) < 4.78 is 12.4. The highest BCUT2D eigenvalue weighted by molar-refractivity contribution is 5.74. The van der Waals surface area contributed by atoms with E-state index in [4.69, 9.17) is 14.5 Å². The van der Waals surface area contributed by atoms with E-state index in [9.17, 15) is 0 Å². The van der Waals surface area contributed by atoms with Gasteiger partial charge in [0.2, 0.25) is 11.8 Å². The zero-order valence-electron chi connectivity index (χ0n) is 18.8. The third-order valence-corrected chi connectivity index (χ3v) is 5.19. The maximum absolute atomic E-state index is 6.29. The Morgan fingerprint density at radius 1 is 0.719 bits per heavy atom. The van der Waals surface area contributed by atoms with Gasteiger partial charge in [-0.2, -0.15) is 4.98 Å². The van der Waals surface area contributed by atoms with Gasteiger partial charge >= 0.3 is 0 Å². The molecular formula is C28H28N2O2. The number of nitrogens with zero attached hydrogens (tertiary/aromatic N) is 2. The topological polar surface area (TPSA) is 44.2 Å². The SMILES string of the molecule is CC(C)(C)c1cc(OCc2ccccc2)nc(OCc2ccccc2)c1-c1ccncc1. The normalized spacial score (nSPS) is 11.2. The van der Waals surface area contributed by atoms with Crippen molar-refractivity contribution in [1.29, 1.82) is 0 Å². The van der Waals surface area contributed by atoms with Crippen LogP contribution in [-0.2, 0) is 18.6 Å². The number of hydrogen-bond acceptors (Lipinski definition) is 4. The fourth-order valence-electron chi connectivity index (χ4n) is 3.52. The Morgan fingerprint density at radius 3 is 1.84 bits per heavy atom. The van der Waals surface area contributed by atoms with Gasteiger partial charge in [-0.1, -0.05) is 81.4 Å². The van der Waals surface area contributed by atoms with Gasteiger partial charge in [0.05, 0.1) is 0 Å².